The third-order valence-corrected chi connectivity index (χ3v) is 4.75. The Hall–Kier alpha value is -1.02. The van der Waals surface area contributed by atoms with E-state index in [1.807, 2.05) is 12.1 Å². The maximum absolute atomic E-state index is 6.34. The van der Waals surface area contributed by atoms with Gasteiger partial charge in [-0.25, -0.2) is 0 Å². The highest BCUT2D eigenvalue weighted by Crippen LogP contribution is 2.49. The predicted molar refractivity (Wildman–Crippen MR) is 73.6 cm³/mol. The van der Waals surface area contributed by atoms with Crippen LogP contribution in [0, 0.1) is 5.41 Å². The molecule has 2 nitrogen and oxygen atoms in total. The van der Waals surface area contributed by atoms with Crippen LogP contribution >= 0.6 is 0 Å². The molecule has 1 heterocycles. The first-order valence-electron chi connectivity index (χ1n) is 7.03. The average Bonchev–Trinajstić information content (AvgIpc) is 2.34. The lowest BCUT2D eigenvalue weighted by Crippen LogP contribution is -2.46. The maximum atomic E-state index is 6.34. The molecule has 2 aliphatic rings. The van der Waals surface area contributed by atoms with Crippen molar-refractivity contribution in [3.63, 3.8) is 0 Å². The zero-order valence-electron chi connectivity index (χ0n) is 11.4. The van der Waals surface area contributed by atoms with Gasteiger partial charge < -0.3 is 10.5 Å². The highest BCUT2D eigenvalue weighted by molar-refractivity contribution is 5.38. The van der Waals surface area contributed by atoms with E-state index >= 15 is 0 Å². The summed E-state index contributed by atoms with van der Waals surface area (Å²) in [6, 6.07) is 8.38. The van der Waals surface area contributed by atoms with E-state index in [9.17, 15) is 0 Å². The fourth-order valence-corrected chi connectivity index (χ4v) is 3.35. The number of nitrogens with two attached hydrogens (primary N) is 1. The van der Waals surface area contributed by atoms with E-state index in [-0.39, 0.29) is 11.6 Å². The van der Waals surface area contributed by atoms with Crippen LogP contribution < -0.4 is 10.5 Å². The summed E-state index contributed by atoms with van der Waals surface area (Å²) in [7, 11) is 0. The van der Waals surface area contributed by atoms with Crippen LogP contribution in [0.15, 0.2) is 24.3 Å². The zero-order valence-corrected chi connectivity index (χ0v) is 11.4. The van der Waals surface area contributed by atoms with Gasteiger partial charge in [-0.05, 0) is 37.2 Å². The summed E-state index contributed by atoms with van der Waals surface area (Å²) in [5.41, 5.74) is 7.98. The highest BCUT2D eigenvalue weighted by atomic mass is 16.5. The number of rotatable bonds is 0. The van der Waals surface area contributed by atoms with Gasteiger partial charge in [-0.15, -0.1) is 0 Å². The van der Waals surface area contributed by atoms with E-state index in [2.05, 4.69) is 26.0 Å². The number of benzene rings is 1. The molecule has 2 N–H and O–H groups in total. The van der Waals surface area contributed by atoms with Crippen LogP contribution in [0.2, 0.25) is 0 Å². The van der Waals surface area contributed by atoms with E-state index in [0.717, 1.165) is 25.0 Å². The Kier molecular flexibility index (Phi) is 2.67. The van der Waals surface area contributed by atoms with Crippen LogP contribution in [0.4, 0.5) is 0 Å². The molecular weight excluding hydrogens is 222 g/mol. The normalized spacial score (nSPS) is 28.5. The van der Waals surface area contributed by atoms with Crippen molar-refractivity contribution in [1.29, 1.82) is 0 Å². The first-order valence-corrected chi connectivity index (χ1v) is 7.03. The smallest absolute Gasteiger partial charge is 0.124 e. The summed E-state index contributed by atoms with van der Waals surface area (Å²) in [5, 5.41) is 0. The highest BCUT2D eigenvalue weighted by Gasteiger charge is 2.44. The van der Waals surface area contributed by atoms with Crippen molar-refractivity contribution in [3.8, 4) is 5.75 Å². The first kappa shape index (κ1) is 12.0. The van der Waals surface area contributed by atoms with Crippen molar-refractivity contribution in [2.45, 2.75) is 57.6 Å². The Morgan fingerprint density at radius 1 is 1.11 bits per heavy atom. The Balaban J connectivity index is 1.86. The van der Waals surface area contributed by atoms with Crippen LogP contribution in [0.1, 0.15) is 57.6 Å². The third-order valence-electron chi connectivity index (χ3n) is 4.75. The van der Waals surface area contributed by atoms with Crippen molar-refractivity contribution in [3.05, 3.63) is 29.8 Å². The molecule has 0 amide bonds. The molecule has 1 saturated carbocycles. The van der Waals surface area contributed by atoms with Gasteiger partial charge in [0.1, 0.15) is 11.4 Å². The quantitative estimate of drug-likeness (QED) is 0.754. The molecule has 1 spiro atoms. The van der Waals surface area contributed by atoms with Crippen LogP contribution in [-0.2, 0) is 0 Å². The van der Waals surface area contributed by atoms with Crippen LogP contribution in [-0.4, -0.2) is 5.60 Å². The molecule has 1 aliphatic carbocycles. The van der Waals surface area contributed by atoms with Gasteiger partial charge in [0.05, 0.1) is 0 Å². The number of fused-ring (bicyclic) bond motifs is 1. The van der Waals surface area contributed by atoms with Gasteiger partial charge in [-0.2, -0.15) is 0 Å². The zero-order chi connectivity index (χ0) is 12.8. The molecular formula is C16H23NO. The monoisotopic (exact) mass is 245 g/mol. The maximum Gasteiger partial charge on any atom is 0.124 e. The fourth-order valence-electron chi connectivity index (χ4n) is 3.35. The molecule has 1 aliphatic heterocycles. The SMILES string of the molecule is CC1(C)CCC2(CC1)C[C@@H](N)c1ccccc1O2. The third kappa shape index (κ3) is 2.03. The Labute approximate surface area is 110 Å². The molecule has 98 valence electrons. The predicted octanol–water partition coefficient (Wildman–Crippen LogP) is 3.81. The van der Waals surface area contributed by atoms with Gasteiger partial charge in [0, 0.05) is 18.0 Å². The molecule has 1 fully saturated rings. The van der Waals surface area contributed by atoms with Crippen molar-refractivity contribution >= 4 is 0 Å². The topological polar surface area (TPSA) is 35.2 Å². The number of hydrogen-bond acceptors (Lipinski definition) is 2. The summed E-state index contributed by atoms with van der Waals surface area (Å²) in [5.74, 6) is 1.01. The molecule has 0 saturated heterocycles. The summed E-state index contributed by atoms with van der Waals surface area (Å²) in [4.78, 5) is 0. The van der Waals surface area contributed by atoms with E-state index in [4.69, 9.17) is 10.5 Å². The summed E-state index contributed by atoms with van der Waals surface area (Å²) < 4.78 is 6.34. The lowest BCUT2D eigenvalue weighted by Gasteiger charge is -2.47. The second-order valence-corrected chi connectivity index (χ2v) is 6.80. The summed E-state index contributed by atoms with van der Waals surface area (Å²) in [6.45, 7) is 4.72. The second kappa shape index (κ2) is 3.99. The molecule has 0 aromatic heterocycles. The van der Waals surface area contributed by atoms with Gasteiger partial charge in [-0.3, -0.25) is 0 Å². The van der Waals surface area contributed by atoms with Crippen molar-refractivity contribution in [2.75, 3.05) is 0 Å². The van der Waals surface area contributed by atoms with Gasteiger partial charge in [0.25, 0.3) is 0 Å². The average molecular weight is 245 g/mol. The van der Waals surface area contributed by atoms with Crippen molar-refractivity contribution in [1.82, 2.24) is 0 Å². The molecule has 0 radical (unpaired) electrons. The Morgan fingerprint density at radius 2 is 1.78 bits per heavy atom. The van der Waals surface area contributed by atoms with Crippen molar-refractivity contribution < 1.29 is 4.74 Å². The van der Waals surface area contributed by atoms with Crippen LogP contribution in [0.3, 0.4) is 0 Å². The van der Waals surface area contributed by atoms with Gasteiger partial charge in [0.2, 0.25) is 0 Å². The van der Waals surface area contributed by atoms with Gasteiger partial charge in [0.15, 0.2) is 0 Å². The molecule has 2 heteroatoms. The Bertz CT molecular complexity index is 442. The lowest BCUT2D eigenvalue weighted by atomic mass is 9.68. The number of hydrogen-bond donors (Lipinski definition) is 1. The van der Waals surface area contributed by atoms with E-state index < -0.39 is 0 Å². The molecule has 1 atom stereocenters. The summed E-state index contributed by atoms with van der Waals surface area (Å²) in [6.07, 6.45) is 5.73. The largest absolute Gasteiger partial charge is 0.487 e. The van der Waals surface area contributed by atoms with Gasteiger partial charge in [-0.1, -0.05) is 32.0 Å². The number of para-hydroxylation sites is 1. The Morgan fingerprint density at radius 3 is 2.50 bits per heavy atom. The van der Waals surface area contributed by atoms with Crippen molar-refractivity contribution in [2.24, 2.45) is 11.1 Å². The molecule has 1 aromatic carbocycles. The standard InChI is InChI=1S/C16H23NO/c1-15(2)7-9-16(10-8-15)11-13(17)12-5-3-4-6-14(12)18-16/h3-6,13H,7-11,17H2,1-2H3/t13-/m1/s1. The van der Waals surface area contributed by atoms with E-state index in [0.29, 0.717) is 5.41 Å². The minimum absolute atomic E-state index is 0.00326. The molecule has 1 aromatic rings. The fraction of sp³-hybridized carbons (Fsp3) is 0.625. The van der Waals surface area contributed by atoms with Crippen LogP contribution in [0.25, 0.3) is 0 Å². The molecule has 18 heavy (non-hydrogen) atoms. The van der Waals surface area contributed by atoms with Gasteiger partial charge >= 0.3 is 0 Å². The lowest BCUT2D eigenvalue weighted by molar-refractivity contribution is -0.0259. The minimum atomic E-state index is 0.00326. The molecule has 0 bridgehead atoms. The summed E-state index contributed by atoms with van der Waals surface area (Å²) >= 11 is 0. The molecule has 3 rings (SSSR count). The molecule has 0 unspecified atom stereocenters. The minimum Gasteiger partial charge on any atom is -0.487 e. The van der Waals surface area contributed by atoms with E-state index in [1.54, 1.807) is 0 Å². The van der Waals surface area contributed by atoms with E-state index in [1.165, 1.54) is 18.4 Å². The van der Waals surface area contributed by atoms with Crippen LogP contribution in [0.5, 0.6) is 5.75 Å². The number of ether oxygens (including phenoxy) is 1. The first-order chi connectivity index (χ1) is 8.50. The second-order valence-electron chi connectivity index (χ2n) is 6.80.